The van der Waals surface area contributed by atoms with Gasteiger partial charge in [0.1, 0.15) is 0 Å². The summed E-state index contributed by atoms with van der Waals surface area (Å²) < 4.78 is 0. The number of halogens is 1. The molecule has 1 aliphatic rings. The molecule has 2 rings (SSSR count). The van der Waals surface area contributed by atoms with Crippen LogP contribution in [0.25, 0.3) is 0 Å². The minimum atomic E-state index is -0.157. The Kier molecular flexibility index (Phi) is 5.45. The maximum absolute atomic E-state index is 12.7. The van der Waals surface area contributed by atoms with Gasteiger partial charge in [-0.25, -0.2) is 0 Å². The van der Waals surface area contributed by atoms with Gasteiger partial charge in [-0.3, -0.25) is 4.79 Å². The fraction of sp³-hybridized carbons (Fsp3) is 0.533. The number of hydrogen-bond donors (Lipinski definition) is 2. The van der Waals surface area contributed by atoms with Gasteiger partial charge in [0.25, 0.3) is 5.91 Å². The van der Waals surface area contributed by atoms with Crippen molar-refractivity contribution in [1.82, 2.24) is 9.80 Å². The number of piperidine rings is 1. The first kappa shape index (κ1) is 16.1. The lowest BCUT2D eigenvalue weighted by Crippen LogP contribution is -2.47. The van der Waals surface area contributed by atoms with Crippen LogP contribution in [0.4, 0.5) is 5.69 Å². The summed E-state index contributed by atoms with van der Waals surface area (Å²) in [4.78, 5) is 16.7. The van der Waals surface area contributed by atoms with Crippen LogP contribution < -0.4 is 5.73 Å². The molecule has 1 heterocycles. The van der Waals surface area contributed by atoms with Crippen molar-refractivity contribution in [3.8, 4) is 0 Å². The van der Waals surface area contributed by atoms with Crippen molar-refractivity contribution >= 4 is 23.2 Å². The van der Waals surface area contributed by atoms with Gasteiger partial charge in [-0.1, -0.05) is 11.6 Å². The van der Waals surface area contributed by atoms with Crippen molar-refractivity contribution in [3.05, 3.63) is 28.8 Å². The van der Waals surface area contributed by atoms with Crippen LogP contribution in [0.3, 0.4) is 0 Å². The van der Waals surface area contributed by atoms with Crippen LogP contribution in [0.15, 0.2) is 18.2 Å². The fourth-order valence-corrected chi connectivity index (χ4v) is 2.92. The maximum atomic E-state index is 12.7. The molecular formula is C15H22ClN3O2. The number of nitrogen functional groups attached to an aromatic ring is 1. The number of carbonyl (C=O) groups excluding carboxylic acids is 1. The van der Waals surface area contributed by atoms with E-state index < -0.39 is 0 Å². The van der Waals surface area contributed by atoms with Crippen molar-refractivity contribution in [2.24, 2.45) is 0 Å². The summed E-state index contributed by atoms with van der Waals surface area (Å²) in [6.07, 6.45) is 1.81. The fourth-order valence-electron chi connectivity index (χ4n) is 2.73. The van der Waals surface area contributed by atoms with Crippen molar-refractivity contribution < 1.29 is 9.90 Å². The van der Waals surface area contributed by atoms with E-state index in [4.69, 9.17) is 17.3 Å². The van der Waals surface area contributed by atoms with E-state index in [0.717, 1.165) is 25.9 Å². The first-order valence-corrected chi connectivity index (χ1v) is 7.56. The molecule has 1 saturated heterocycles. The van der Waals surface area contributed by atoms with E-state index in [2.05, 4.69) is 11.9 Å². The first-order valence-electron chi connectivity index (χ1n) is 7.18. The highest BCUT2D eigenvalue weighted by molar-refractivity contribution is 6.34. The molecule has 0 atom stereocenters. The summed E-state index contributed by atoms with van der Waals surface area (Å²) in [5.74, 6) is -0.157. The van der Waals surface area contributed by atoms with Gasteiger partial charge >= 0.3 is 0 Å². The van der Waals surface area contributed by atoms with Crippen LogP contribution in [0.5, 0.6) is 0 Å². The molecule has 1 aromatic rings. The van der Waals surface area contributed by atoms with E-state index in [-0.39, 0.29) is 18.6 Å². The number of likely N-dealkylation sites (tertiary alicyclic amines) is 1. The van der Waals surface area contributed by atoms with Gasteiger partial charge in [0.05, 0.1) is 17.2 Å². The third-order valence-corrected chi connectivity index (χ3v) is 4.28. The Hall–Kier alpha value is -1.30. The molecule has 6 heteroatoms. The number of amides is 1. The summed E-state index contributed by atoms with van der Waals surface area (Å²) in [6.45, 7) is 2.16. The monoisotopic (exact) mass is 311 g/mol. The van der Waals surface area contributed by atoms with Crippen LogP contribution in [-0.4, -0.2) is 60.1 Å². The van der Waals surface area contributed by atoms with Gasteiger partial charge in [-0.05, 0) is 51.2 Å². The smallest absolute Gasteiger partial charge is 0.255 e. The van der Waals surface area contributed by atoms with Crippen LogP contribution in [-0.2, 0) is 0 Å². The van der Waals surface area contributed by atoms with E-state index in [1.165, 1.54) is 0 Å². The number of nitrogens with zero attached hydrogens (tertiary/aromatic N) is 2. The minimum Gasteiger partial charge on any atom is -0.399 e. The van der Waals surface area contributed by atoms with Crippen molar-refractivity contribution in [3.63, 3.8) is 0 Å². The average molecular weight is 312 g/mol. The maximum Gasteiger partial charge on any atom is 0.255 e. The molecule has 0 saturated carbocycles. The Morgan fingerprint density at radius 3 is 2.76 bits per heavy atom. The second-order valence-electron chi connectivity index (χ2n) is 5.50. The molecule has 1 aromatic carbocycles. The zero-order valence-corrected chi connectivity index (χ0v) is 13.0. The molecule has 0 spiro atoms. The molecular weight excluding hydrogens is 290 g/mol. The third kappa shape index (κ3) is 3.87. The van der Waals surface area contributed by atoms with Crippen molar-refractivity contribution in [2.45, 2.75) is 18.9 Å². The molecule has 0 bridgehead atoms. The Bertz CT molecular complexity index is 502. The molecule has 0 radical (unpaired) electrons. The summed E-state index contributed by atoms with van der Waals surface area (Å²) in [6, 6.07) is 5.05. The molecule has 21 heavy (non-hydrogen) atoms. The molecule has 0 aromatic heterocycles. The predicted octanol–water partition coefficient (Wildman–Crippen LogP) is 1.45. The lowest BCUT2D eigenvalue weighted by atomic mass is 10.0. The number of rotatable bonds is 4. The largest absolute Gasteiger partial charge is 0.399 e. The normalized spacial score (nSPS) is 16.9. The Morgan fingerprint density at radius 2 is 2.14 bits per heavy atom. The Morgan fingerprint density at radius 1 is 1.48 bits per heavy atom. The Balaban J connectivity index is 2.20. The number of anilines is 1. The van der Waals surface area contributed by atoms with Crippen LogP contribution >= 0.6 is 11.6 Å². The molecule has 1 amide bonds. The summed E-state index contributed by atoms with van der Waals surface area (Å²) >= 11 is 6.12. The van der Waals surface area contributed by atoms with Crippen molar-refractivity contribution in [2.75, 3.05) is 39.0 Å². The molecule has 0 unspecified atom stereocenters. The number of hydrogen-bond acceptors (Lipinski definition) is 4. The topological polar surface area (TPSA) is 69.8 Å². The lowest BCUT2D eigenvalue weighted by Gasteiger charge is -2.37. The van der Waals surface area contributed by atoms with Crippen LogP contribution in [0.1, 0.15) is 23.2 Å². The van der Waals surface area contributed by atoms with E-state index >= 15 is 0 Å². The summed E-state index contributed by atoms with van der Waals surface area (Å²) in [7, 11) is 2.07. The van der Waals surface area contributed by atoms with E-state index in [0.29, 0.717) is 22.8 Å². The highest BCUT2D eigenvalue weighted by atomic mass is 35.5. The molecule has 5 nitrogen and oxygen atoms in total. The highest BCUT2D eigenvalue weighted by Crippen LogP contribution is 2.24. The molecule has 116 valence electrons. The number of aliphatic hydroxyl groups is 1. The lowest BCUT2D eigenvalue weighted by molar-refractivity contribution is 0.0540. The SMILES string of the molecule is CN1CCC(N(CCO)C(=O)c2cc(N)ccc2Cl)CC1. The predicted molar refractivity (Wildman–Crippen MR) is 84.5 cm³/mol. The molecule has 0 aliphatic carbocycles. The second-order valence-corrected chi connectivity index (χ2v) is 5.90. The summed E-state index contributed by atoms with van der Waals surface area (Å²) in [5, 5.41) is 9.67. The van der Waals surface area contributed by atoms with Gasteiger partial charge in [0, 0.05) is 18.3 Å². The summed E-state index contributed by atoms with van der Waals surface area (Å²) in [5.41, 5.74) is 6.67. The zero-order chi connectivity index (χ0) is 15.4. The van der Waals surface area contributed by atoms with E-state index in [9.17, 15) is 9.90 Å². The van der Waals surface area contributed by atoms with Gasteiger partial charge in [0.2, 0.25) is 0 Å². The number of nitrogens with two attached hydrogens (primary N) is 1. The second kappa shape index (κ2) is 7.11. The highest BCUT2D eigenvalue weighted by Gasteiger charge is 2.28. The van der Waals surface area contributed by atoms with Crippen LogP contribution in [0.2, 0.25) is 5.02 Å². The molecule has 3 N–H and O–H groups in total. The third-order valence-electron chi connectivity index (χ3n) is 3.95. The number of benzene rings is 1. The van der Waals surface area contributed by atoms with E-state index in [1.807, 2.05) is 0 Å². The van der Waals surface area contributed by atoms with Crippen molar-refractivity contribution in [1.29, 1.82) is 0 Å². The molecule has 1 aliphatic heterocycles. The van der Waals surface area contributed by atoms with E-state index in [1.54, 1.807) is 23.1 Å². The first-order chi connectivity index (χ1) is 10.0. The van der Waals surface area contributed by atoms with Gasteiger partial charge in [0.15, 0.2) is 0 Å². The minimum absolute atomic E-state index is 0.0575. The zero-order valence-electron chi connectivity index (χ0n) is 12.3. The number of aliphatic hydroxyl groups excluding tert-OH is 1. The standard InChI is InChI=1S/C15H22ClN3O2/c1-18-6-4-12(5-7-18)19(8-9-20)15(21)13-10-11(17)2-3-14(13)16/h2-3,10,12,20H,4-9,17H2,1H3. The van der Waals surface area contributed by atoms with Crippen LogP contribution in [0, 0.1) is 0 Å². The van der Waals surface area contributed by atoms with Gasteiger partial charge in [-0.15, -0.1) is 0 Å². The van der Waals surface area contributed by atoms with Gasteiger partial charge in [-0.2, -0.15) is 0 Å². The number of carbonyl (C=O) groups is 1. The average Bonchev–Trinajstić information content (AvgIpc) is 2.48. The molecule has 1 fully saturated rings. The Labute approximate surface area is 130 Å². The van der Waals surface area contributed by atoms with Gasteiger partial charge < -0.3 is 20.6 Å². The quantitative estimate of drug-likeness (QED) is 0.826.